The number of hydrogen-bond acceptors (Lipinski definition) is 2. The summed E-state index contributed by atoms with van der Waals surface area (Å²) in [4.78, 5) is 25.2. The minimum Gasteiger partial charge on any atom is -0.354 e. The molecule has 2 amide bonds. The molecule has 0 aromatic heterocycles. The Morgan fingerprint density at radius 3 is 2.50 bits per heavy atom. The lowest BCUT2D eigenvalue weighted by atomic mass is 10.1. The van der Waals surface area contributed by atoms with Gasteiger partial charge < -0.3 is 10.2 Å². The standard InChI is InChI=1S/C18H18ClFN2O2/c1-13(23)22(17-4-2-3-15(19)12-17)10-9-21-18(24)11-14-5-7-16(20)8-6-14/h2-8,12H,9-11H2,1H3,(H,21,24). The van der Waals surface area contributed by atoms with E-state index in [4.69, 9.17) is 11.6 Å². The third kappa shape index (κ3) is 5.35. The Kier molecular flexibility index (Phi) is 6.32. The van der Waals surface area contributed by atoms with Gasteiger partial charge in [0.2, 0.25) is 11.8 Å². The second kappa shape index (κ2) is 8.45. The molecule has 1 N–H and O–H groups in total. The second-order valence-electron chi connectivity index (χ2n) is 5.30. The van der Waals surface area contributed by atoms with Gasteiger partial charge >= 0.3 is 0 Å². The second-order valence-corrected chi connectivity index (χ2v) is 5.74. The monoisotopic (exact) mass is 348 g/mol. The average Bonchev–Trinajstić information content (AvgIpc) is 2.53. The lowest BCUT2D eigenvalue weighted by Crippen LogP contribution is -2.38. The van der Waals surface area contributed by atoms with Crippen molar-refractivity contribution in [1.29, 1.82) is 0 Å². The Labute approximate surface area is 145 Å². The Hall–Kier alpha value is -2.40. The fourth-order valence-electron chi connectivity index (χ4n) is 2.27. The van der Waals surface area contributed by atoms with Gasteiger partial charge in [-0.05, 0) is 35.9 Å². The molecular weight excluding hydrogens is 331 g/mol. The summed E-state index contributed by atoms with van der Waals surface area (Å²) in [6.07, 6.45) is 0.164. The fraction of sp³-hybridized carbons (Fsp3) is 0.222. The molecule has 6 heteroatoms. The van der Waals surface area contributed by atoms with Crippen LogP contribution in [0.2, 0.25) is 5.02 Å². The van der Waals surface area contributed by atoms with E-state index in [9.17, 15) is 14.0 Å². The van der Waals surface area contributed by atoms with Crippen molar-refractivity contribution in [2.45, 2.75) is 13.3 Å². The zero-order chi connectivity index (χ0) is 17.5. The predicted octanol–water partition coefficient (Wildman–Crippen LogP) is 3.19. The number of halogens is 2. The van der Waals surface area contributed by atoms with Gasteiger partial charge in [0.1, 0.15) is 5.82 Å². The highest BCUT2D eigenvalue weighted by atomic mass is 35.5. The summed E-state index contributed by atoms with van der Waals surface area (Å²) in [5.74, 6) is -0.654. The first kappa shape index (κ1) is 17.9. The molecule has 0 fully saturated rings. The number of benzene rings is 2. The summed E-state index contributed by atoms with van der Waals surface area (Å²) in [7, 11) is 0. The number of rotatable bonds is 6. The number of amides is 2. The van der Waals surface area contributed by atoms with Gasteiger partial charge in [0.15, 0.2) is 0 Å². The van der Waals surface area contributed by atoms with Gasteiger partial charge in [-0.3, -0.25) is 9.59 Å². The first-order chi connectivity index (χ1) is 11.5. The van der Waals surface area contributed by atoms with E-state index in [1.54, 1.807) is 41.3 Å². The Morgan fingerprint density at radius 2 is 1.88 bits per heavy atom. The van der Waals surface area contributed by atoms with Crippen LogP contribution in [-0.4, -0.2) is 24.9 Å². The van der Waals surface area contributed by atoms with Gasteiger partial charge in [0.25, 0.3) is 0 Å². The maximum atomic E-state index is 12.8. The van der Waals surface area contributed by atoms with E-state index in [0.717, 1.165) is 5.56 Å². The van der Waals surface area contributed by atoms with Crippen molar-refractivity contribution in [3.63, 3.8) is 0 Å². The molecule has 0 bridgehead atoms. The van der Waals surface area contributed by atoms with Crippen molar-refractivity contribution in [1.82, 2.24) is 5.32 Å². The van der Waals surface area contributed by atoms with E-state index in [0.29, 0.717) is 23.8 Å². The summed E-state index contributed by atoms with van der Waals surface area (Å²) in [6, 6.07) is 12.8. The summed E-state index contributed by atoms with van der Waals surface area (Å²) in [5, 5.41) is 3.30. The van der Waals surface area contributed by atoms with Crippen LogP contribution in [-0.2, 0) is 16.0 Å². The third-order valence-corrected chi connectivity index (χ3v) is 3.67. The minimum absolute atomic E-state index is 0.134. The highest BCUT2D eigenvalue weighted by molar-refractivity contribution is 6.30. The maximum Gasteiger partial charge on any atom is 0.224 e. The predicted molar refractivity (Wildman–Crippen MR) is 92.6 cm³/mol. The lowest BCUT2D eigenvalue weighted by molar-refractivity contribution is -0.121. The molecule has 0 spiro atoms. The van der Waals surface area contributed by atoms with Gasteiger partial charge in [0.05, 0.1) is 6.42 Å². The van der Waals surface area contributed by atoms with Crippen molar-refractivity contribution in [2.24, 2.45) is 0 Å². The normalized spacial score (nSPS) is 10.3. The van der Waals surface area contributed by atoms with Crippen molar-refractivity contribution >= 4 is 29.1 Å². The smallest absolute Gasteiger partial charge is 0.224 e. The molecule has 24 heavy (non-hydrogen) atoms. The van der Waals surface area contributed by atoms with Crippen molar-refractivity contribution in [2.75, 3.05) is 18.0 Å². The van der Waals surface area contributed by atoms with Crippen molar-refractivity contribution in [3.05, 3.63) is 64.9 Å². The first-order valence-electron chi connectivity index (χ1n) is 7.50. The highest BCUT2D eigenvalue weighted by Crippen LogP contribution is 2.19. The van der Waals surface area contributed by atoms with Crippen LogP contribution in [0.5, 0.6) is 0 Å². The SMILES string of the molecule is CC(=O)N(CCNC(=O)Cc1ccc(F)cc1)c1cccc(Cl)c1. The van der Waals surface area contributed by atoms with Gasteiger partial charge in [-0.1, -0.05) is 29.8 Å². The minimum atomic E-state index is -0.335. The molecule has 0 unspecified atom stereocenters. The van der Waals surface area contributed by atoms with Crippen LogP contribution in [0.1, 0.15) is 12.5 Å². The Morgan fingerprint density at radius 1 is 1.17 bits per heavy atom. The summed E-state index contributed by atoms with van der Waals surface area (Å²) in [6.45, 7) is 2.11. The topological polar surface area (TPSA) is 49.4 Å². The van der Waals surface area contributed by atoms with E-state index in [-0.39, 0.29) is 24.1 Å². The quantitative estimate of drug-likeness (QED) is 0.871. The van der Waals surface area contributed by atoms with Crippen LogP contribution >= 0.6 is 11.6 Å². The van der Waals surface area contributed by atoms with Gasteiger partial charge in [-0.25, -0.2) is 4.39 Å². The molecule has 0 saturated heterocycles. The molecule has 2 aromatic rings. The third-order valence-electron chi connectivity index (χ3n) is 3.44. The number of carbonyl (C=O) groups is 2. The molecule has 0 aliphatic rings. The summed E-state index contributed by atoms with van der Waals surface area (Å²) < 4.78 is 12.8. The van der Waals surface area contributed by atoms with Crippen LogP contribution in [0.25, 0.3) is 0 Å². The van der Waals surface area contributed by atoms with E-state index >= 15 is 0 Å². The molecular formula is C18H18ClFN2O2. The molecule has 0 aliphatic carbocycles. The molecule has 0 saturated carbocycles. The van der Waals surface area contributed by atoms with E-state index < -0.39 is 0 Å². The highest BCUT2D eigenvalue weighted by Gasteiger charge is 2.12. The van der Waals surface area contributed by atoms with Gasteiger partial charge in [-0.15, -0.1) is 0 Å². The van der Waals surface area contributed by atoms with E-state index in [1.807, 2.05) is 0 Å². The molecule has 0 radical (unpaired) electrons. The summed E-state index contributed by atoms with van der Waals surface area (Å²) in [5.41, 5.74) is 1.41. The van der Waals surface area contributed by atoms with Crippen LogP contribution in [0.4, 0.5) is 10.1 Å². The maximum absolute atomic E-state index is 12.8. The number of nitrogens with one attached hydrogen (secondary N) is 1. The van der Waals surface area contributed by atoms with Gasteiger partial charge in [0, 0.05) is 30.7 Å². The van der Waals surface area contributed by atoms with Crippen molar-refractivity contribution < 1.29 is 14.0 Å². The van der Waals surface area contributed by atoms with Crippen LogP contribution < -0.4 is 10.2 Å². The zero-order valence-electron chi connectivity index (χ0n) is 13.3. The lowest BCUT2D eigenvalue weighted by Gasteiger charge is -2.21. The Bertz CT molecular complexity index is 719. The zero-order valence-corrected chi connectivity index (χ0v) is 14.0. The van der Waals surface area contributed by atoms with Crippen LogP contribution in [0, 0.1) is 5.82 Å². The van der Waals surface area contributed by atoms with E-state index in [1.165, 1.54) is 19.1 Å². The number of hydrogen-bond donors (Lipinski definition) is 1. The largest absolute Gasteiger partial charge is 0.354 e. The molecule has 2 rings (SSSR count). The average molecular weight is 349 g/mol. The van der Waals surface area contributed by atoms with Crippen molar-refractivity contribution in [3.8, 4) is 0 Å². The van der Waals surface area contributed by atoms with Crippen LogP contribution in [0.15, 0.2) is 48.5 Å². The number of anilines is 1. The molecule has 2 aromatic carbocycles. The van der Waals surface area contributed by atoms with Crippen LogP contribution in [0.3, 0.4) is 0 Å². The number of carbonyl (C=O) groups excluding carboxylic acids is 2. The number of nitrogens with zero attached hydrogens (tertiary/aromatic N) is 1. The Balaban J connectivity index is 1.87. The molecule has 126 valence electrons. The van der Waals surface area contributed by atoms with E-state index in [2.05, 4.69) is 5.32 Å². The molecule has 0 aliphatic heterocycles. The molecule has 0 atom stereocenters. The molecule has 4 nitrogen and oxygen atoms in total. The molecule has 0 heterocycles. The first-order valence-corrected chi connectivity index (χ1v) is 7.88. The summed E-state index contributed by atoms with van der Waals surface area (Å²) >= 11 is 5.95. The fourth-order valence-corrected chi connectivity index (χ4v) is 2.45. The van der Waals surface area contributed by atoms with Gasteiger partial charge in [-0.2, -0.15) is 0 Å².